The minimum atomic E-state index is -0.649. The molecular weight excluding hydrogens is 320 g/mol. The Morgan fingerprint density at radius 1 is 1.28 bits per heavy atom. The lowest BCUT2D eigenvalue weighted by atomic mass is 9.81. The summed E-state index contributed by atoms with van der Waals surface area (Å²) in [6.45, 7) is 7.15. The van der Waals surface area contributed by atoms with Gasteiger partial charge in [-0.2, -0.15) is 0 Å². The fraction of sp³-hybridized carbons (Fsp3) is 0.722. The Labute approximate surface area is 148 Å². The highest BCUT2D eigenvalue weighted by Crippen LogP contribution is 2.44. The van der Waals surface area contributed by atoms with Crippen LogP contribution in [0.2, 0.25) is 0 Å². The third kappa shape index (κ3) is 3.16. The summed E-state index contributed by atoms with van der Waals surface area (Å²) in [5.74, 6) is -0.462. The van der Waals surface area contributed by atoms with E-state index < -0.39 is 11.4 Å². The summed E-state index contributed by atoms with van der Waals surface area (Å²) >= 11 is 0. The number of fused-ring (bicyclic) bond motifs is 1. The molecule has 0 aromatic carbocycles. The van der Waals surface area contributed by atoms with Crippen molar-refractivity contribution in [3.63, 3.8) is 0 Å². The number of ether oxygens (including phenoxy) is 1. The molecule has 0 aliphatic carbocycles. The van der Waals surface area contributed by atoms with E-state index in [9.17, 15) is 9.90 Å². The number of rotatable bonds is 4. The van der Waals surface area contributed by atoms with Crippen LogP contribution in [-0.2, 0) is 16.1 Å². The number of likely N-dealkylation sites (tertiary alicyclic amines) is 2. The number of carboxylic acid groups (broad SMARTS) is 1. The predicted octanol–water partition coefficient (Wildman–Crippen LogP) is 0.782. The molecule has 3 fully saturated rings. The van der Waals surface area contributed by atoms with E-state index in [1.807, 2.05) is 6.92 Å². The fourth-order valence-corrected chi connectivity index (χ4v) is 4.69. The summed E-state index contributed by atoms with van der Waals surface area (Å²) < 4.78 is 5.45. The van der Waals surface area contributed by atoms with Crippen molar-refractivity contribution >= 4 is 5.97 Å². The number of aromatic nitrogens is 2. The Kier molecular flexibility index (Phi) is 4.47. The zero-order chi connectivity index (χ0) is 17.4. The van der Waals surface area contributed by atoms with Crippen molar-refractivity contribution in [1.29, 1.82) is 0 Å². The molecule has 0 spiro atoms. The molecule has 7 heteroatoms. The summed E-state index contributed by atoms with van der Waals surface area (Å²) in [7, 11) is 0. The highest BCUT2D eigenvalue weighted by Gasteiger charge is 2.58. The van der Waals surface area contributed by atoms with E-state index in [4.69, 9.17) is 4.74 Å². The number of hydrogen-bond donors (Lipinski definition) is 1. The minimum absolute atomic E-state index is 0.186. The second-order valence-electron chi connectivity index (χ2n) is 7.75. The molecule has 3 aliphatic rings. The van der Waals surface area contributed by atoms with Gasteiger partial charge in [0.2, 0.25) is 0 Å². The molecule has 25 heavy (non-hydrogen) atoms. The average molecular weight is 346 g/mol. The molecule has 7 nitrogen and oxygen atoms in total. The van der Waals surface area contributed by atoms with Crippen LogP contribution in [0.5, 0.6) is 0 Å². The summed E-state index contributed by atoms with van der Waals surface area (Å²) in [6, 6.07) is 0.479. The first-order chi connectivity index (χ1) is 12.1. The number of carboxylic acids is 1. The standard InChI is InChI=1S/C18H26N4O3/c1-13-6-20-15(7-19-13)10-21-8-14-9-22(16-2-4-25-5-3-16)12-18(14,11-21)17(23)24/h6-7,14,16H,2-5,8-12H2,1H3,(H,23,24)/t14-,18-/m0/s1. The van der Waals surface area contributed by atoms with Gasteiger partial charge in [-0.1, -0.05) is 0 Å². The Morgan fingerprint density at radius 2 is 2.08 bits per heavy atom. The van der Waals surface area contributed by atoms with Gasteiger partial charge in [0, 0.05) is 70.3 Å². The molecule has 0 radical (unpaired) electrons. The SMILES string of the molecule is Cc1cnc(CN2C[C@H]3CN(C4CCOCC4)C[C@@]3(C(=O)O)C2)cn1. The van der Waals surface area contributed by atoms with Crippen molar-refractivity contribution in [1.82, 2.24) is 19.8 Å². The fourth-order valence-electron chi connectivity index (χ4n) is 4.69. The molecule has 2 atom stereocenters. The zero-order valence-electron chi connectivity index (χ0n) is 14.7. The lowest BCUT2D eigenvalue weighted by Crippen LogP contribution is -2.44. The van der Waals surface area contributed by atoms with Gasteiger partial charge >= 0.3 is 5.97 Å². The van der Waals surface area contributed by atoms with Gasteiger partial charge in [-0.25, -0.2) is 0 Å². The van der Waals surface area contributed by atoms with Gasteiger partial charge in [0.1, 0.15) is 0 Å². The van der Waals surface area contributed by atoms with Crippen molar-refractivity contribution in [2.24, 2.45) is 11.3 Å². The van der Waals surface area contributed by atoms with Crippen LogP contribution in [0.4, 0.5) is 0 Å². The maximum atomic E-state index is 12.2. The van der Waals surface area contributed by atoms with E-state index in [0.29, 0.717) is 25.7 Å². The van der Waals surface area contributed by atoms with E-state index in [2.05, 4.69) is 19.8 Å². The third-order valence-electron chi connectivity index (χ3n) is 6.06. The molecule has 0 bridgehead atoms. The first kappa shape index (κ1) is 16.9. The number of hydrogen-bond acceptors (Lipinski definition) is 6. The average Bonchev–Trinajstić information content (AvgIpc) is 3.13. The smallest absolute Gasteiger partial charge is 0.312 e. The third-order valence-corrected chi connectivity index (χ3v) is 6.06. The van der Waals surface area contributed by atoms with E-state index in [0.717, 1.165) is 50.5 Å². The number of nitrogens with zero attached hydrogens (tertiary/aromatic N) is 4. The first-order valence-corrected chi connectivity index (χ1v) is 9.12. The molecule has 1 aromatic rings. The second kappa shape index (κ2) is 6.63. The Morgan fingerprint density at radius 3 is 2.72 bits per heavy atom. The van der Waals surface area contributed by atoms with E-state index in [1.165, 1.54) is 0 Å². The Hall–Kier alpha value is -1.57. The van der Waals surface area contributed by atoms with E-state index in [1.54, 1.807) is 12.4 Å². The van der Waals surface area contributed by atoms with Gasteiger partial charge in [0.05, 0.1) is 16.8 Å². The Balaban J connectivity index is 1.45. The molecule has 3 aliphatic heterocycles. The monoisotopic (exact) mass is 346 g/mol. The van der Waals surface area contributed by atoms with Gasteiger partial charge in [0.25, 0.3) is 0 Å². The lowest BCUT2D eigenvalue weighted by molar-refractivity contribution is -0.149. The predicted molar refractivity (Wildman–Crippen MR) is 91.0 cm³/mol. The van der Waals surface area contributed by atoms with Crippen molar-refractivity contribution < 1.29 is 14.6 Å². The van der Waals surface area contributed by atoms with Crippen LogP contribution in [0.3, 0.4) is 0 Å². The van der Waals surface area contributed by atoms with Crippen LogP contribution in [-0.4, -0.2) is 76.3 Å². The highest BCUT2D eigenvalue weighted by atomic mass is 16.5. The molecule has 0 amide bonds. The first-order valence-electron chi connectivity index (χ1n) is 9.12. The van der Waals surface area contributed by atoms with Crippen LogP contribution >= 0.6 is 0 Å². The van der Waals surface area contributed by atoms with Crippen LogP contribution < -0.4 is 0 Å². The van der Waals surface area contributed by atoms with Crippen LogP contribution in [0.15, 0.2) is 12.4 Å². The van der Waals surface area contributed by atoms with Gasteiger partial charge in [-0.05, 0) is 19.8 Å². The van der Waals surface area contributed by atoms with Gasteiger partial charge in [0.15, 0.2) is 0 Å². The summed E-state index contributed by atoms with van der Waals surface area (Å²) in [4.78, 5) is 25.5. The van der Waals surface area contributed by atoms with Crippen molar-refractivity contribution in [3.05, 3.63) is 23.8 Å². The highest BCUT2D eigenvalue weighted by molar-refractivity contribution is 5.77. The number of aryl methyl sites for hydroxylation is 1. The maximum Gasteiger partial charge on any atom is 0.312 e. The van der Waals surface area contributed by atoms with Gasteiger partial charge < -0.3 is 9.84 Å². The van der Waals surface area contributed by atoms with Crippen LogP contribution in [0.1, 0.15) is 24.2 Å². The van der Waals surface area contributed by atoms with Crippen LogP contribution in [0.25, 0.3) is 0 Å². The second-order valence-corrected chi connectivity index (χ2v) is 7.75. The molecule has 0 saturated carbocycles. The van der Waals surface area contributed by atoms with E-state index in [-0.39, 0.29) is 5.92 Å². The largest absolute Gasteiger partial charge is 0.481 e. The minimum Gasteiger partial charge on any atom is -0.481 e. The molecule has 4 heterocycles. The van der Waals surface area contributed by atoms with Crippen molar-refractivity contribution in [3.8, 4) is 0 Å². The summed E-state index contributed by atoms with van der Waals surface area (Å²) in [5, 5.41) is 10.0. The van der Waals surface area contributed by atoms with E-state index >= 15 is 0 Å². The zero-order valence-corrected chi connectivity index (χ0v) is 14.7. The number of aliphatic carboxylic acids is 1. The normalized spacial score (nSPS) is 31.3. The Bertz CT molecular complexity index is 632. The van der Waals surface area contributed by atoms with Crippen molar-refractivity contribution in [2.45, 2.75) is 32.4 Å². The molecule has 4 rings (SSSR count). The summed E-state index contributed by atoms with van der Waals surface area (Å²) in [5.41, 5.74) is 1.17. The molecule has 0 unspecified atom stereocenters. The number of carbonyl (C=O) groups is 1. The molecule has 3 saturated heterocycles. The maximum absolute atomic E-state index is 12.2. The summed E-state index contributed by atoms with van der Waals surface area (Å²) in [6.07, 6.45) is 5.60. The van der Waals surface area contributed by atoms with Gasteiger partial charge in [-0.15, -0.1) is 0 Å². The van der Waals surface area contributed by atoms with Gasteiger partial charge in [-0.3, -0.25) is 24.6 Å². The topological polar surface area (TPSA) is 78.8 Å². The van der Waals surface area contributed by atoms with Crippen LogP contribution in [0, 0.1) is 18.3 Å². The molecule has 1 aromatic heterocycles. The molecule has 1 N–H and O–H groups in total. The lowest BCUT2D eigenvalue weighted by Gasteiger charge is -2.33. The molecule has 136 valence electrons. The quantitative estimate of drug-likeness (QED) is 0.863. The molecular formula is C18H26N4O3. The van der Waals surface area contributed by atoms with Crippen molar-refractivity contribution in [2.75, 3.05) is 39.4 Å².